The van der Waals surface area contributed by atoms with Gasteiger partial charge in [-0.15, -0.1) is 0 Å². The highest BCUT2D eigenvalue weighted by molar-refractivity contribution is 5.78. The number of nitrogens with zero attached hydrogens (tertiary/aromatic N) is 1. The first-order valence-electron chi connectivity index (χ1n) is 6.27. The number of hydrogen-bond acceptors (Lipinski definition) is 3. The summed E-state index contributed by atoms with van der Waals surface area (Å²) in [5, 5.41) is 11.5. The second-order valence-electron chi connectivity index (χ2n) is 4.50. The van der Waals surface area contributed by atoms with Crippen molar-refractivity contribution in [1.82, 2.24) is 5.32 Å². The molecule has 0 aromatic heterocycles. The quantitative estimate of drug-likeness (QED) is 0.830. The van der Waals surface area contributed by atoms with Crippen molar-refractivity contribution in [3.63, 3.8) is 0 Å². The highest BCUT2D eigenvalue weighted by Crippen LogP contribution is 2.06. The normalized spacial score (nSPS) is 9.75. The van der Waals surface area contributed by atoms with E-state index < -0.39 is 0 Å². The molecule has 0 fully saturated rings. The van der Waals surface area contributed by atoms with Gasteiger partial charge in [-0.2, -0.15) is 5.26 Å². The maximum atomic E-state index is 11.8. The third-order valence-electron chi connectivity index (χ3n) is 2.92. The summed E-state index contributed by atoms with van der Waals surface area (Å²) in [7, 11) is 0. The maximum absolute atomic E-state index is 11.8. The van der Waals surface area contributed by atoms with E-state index in [9.17, 15) is 4.79 Å². The van der Waals surface area contributed by atoms with Gasteiger partial charge >= 0.3 is 0 Å². The maximum Gasteiger partial charge on any atom is 0.224 e. The molecule has 0 radical (unpaired) electrons. The molecule has 20 heavy (non-hydrogen) atoms. The van der Waals surface area contributed by atoms with Gasteiger partial charge in [0.2, 0.25) is 5.91 Å². The Labute approximate surface area is 117 Å². The second kappa shape index (κ2) is 6.39. The smallest absolute Gasteiger partial charge is 0.224 e. The lowest BCUT2D eigenvalue weighted by atomic mass is 10.1. The average molecular weight is 265 g/mol. The Morgan fingerprint density at radius 2 is 1.65 bits per heavy atom. The molecule has 0 spiro atoms. The van der Waals surface area contributed by atoms with Crippen LogP contribution in [-0.2, 0) is 17.8 Å². The Morgan fingerprint density at radius 3 is 2.25 bits per heavy atom. The number of carbonyl (C=O) groups excluding carboxylic acids is 1. The molecule has 0 saturated heterocycles. The van der Waals surface area contributed by atoms with Crippen LogP contribution in [0.2, 0.25) is 0 Å². The van der Waals surface area contributed by atoms with Crippen molar-refractivity contribution < 1.29 is 4.79 Å². The third-order valence-corrected chi connectivity index (χ3v) is 2.92. The van der Waals surface area contributed by atoms with E-state index in [4.69, 9.17) is 11.0 Å². The molecule has 0 aliphatic heterocycles. The van der Waals surface area contributed by atoms with Crippen molar-refractivity contribution in [2.24, 2.45) is 0 Å². The largest absolute Gasteiger partial charge is 0.399 e. The highest BCUT2D eigenvalue weighted by atomic mass is 16.1. The zero-order chi connectivity index (χ0) is 14.4. The predicted octanol–water partition coefficient (Wildman–Crippen LogP) is 2.00. The van der Waals surface area contributed by atoms with Gasteiger partial charge < -0.3 is 11.1 Å². The van der Waals surface area contributed by atoms with Crippen molar-refractivity contribution in [1.29, 1.82) is 5.26 Å². The van der Waals surface area contributed by atoms with E-state index >= 15 is 0 Å². The molecule has 3 N–H and O–H groups in total. The number of amides is 1. The molecular formula is C16H15N3O. The van der Waals surface area contributed by atoms with Gasteiger partial charge in [0.15, 0.2) is 0 Å². The van der Waals surface area contributed by atoms with Gasteiger partial charge in [-0.3, -0.25) is 4.79 Å². The topological polar surface area (TPSA) is 78.9 Å². The SMILES string of the molecule is N#Cc1ccc(CNC(=O)Cc2ccc(N)cc2)cc1. The van der Waals surface area contributed by atoms with Gasteiger partial charge in [0.05, 0.1) is 18.1 Å². The fourth-order valence-electron chi connectivity index (χ4n) is 1.78. The van der Waals surface area contributed by atoms with Crippen molar-refractivity contribution in [3.05, 3.63) is 65.2 Å². The lowest BCUT2D eigenvalue weighted by Crippen LogP contribution is -2.24. The Morgan fingerprint density at radius 1 is 1.05 bits per heavy atom. The third kappa shape index (κ3) is 3.85. The Hall–Kier alpha value is -2.80. The zero-order valence-corrected chi connectivity index (χ0v) is 11.0. The highest BCUT2D eigenvalue weighted by Gasteiger charge is 2.03. The summed E-state index contributed by atoms with van der Waals surface area (Å²) in [6.07, 6.45) is 0.330. The minimum Gasteiger partial charge on any atom is -0.399 e. The number of hydrogen-bond donors (Lipinski definition) is 2. The number of nitrogens with two attached hydrogens (primary N) is 1. The van der Waals surface area contributed by atoms with Crippen molar-refractivity contribution in [2.75, 3.05) is 5.73 Å². The molecule has 2 rings (SSSR count). The molecule has 0 atom stereocenters. The van der Waals surface area contributed by atoms with E-state index in [-0.39, 0.29) is 5.91 Å². The summed E-state index contributed by atoms with van der Waals surface area (Å²) in [4.78, 5) is 11.8. The average Bonchev–Trinajstić information content (AvgIpc) is 2.48. The van der Waals surface area contributed by atoms with Crippen LogP contribution < -0.4 is 11.1 Å². The molecule has 4 heteroatoms. The molecule has 0 unspecified atom stereocenters. The number of nitriles is 1. The standard InChI is InChI=1S/C16H15N3O/c17-10-13-1-3-14(4-2-13)11-19-16(20)9-12-5-7-15(18)8-6-12/h1-8H,9,11,18H2,(H,19,20). The van der Waals surface area contributed by atoms with Gasteiger partial charge in [-0.1, -0.05) is 24.3 Å². The minimum absolute atomic E-state index is 0.0425. The van der Waals surface area contributed by atoms with E-state index in [1.54, 1.807) is 24.3 Å². The summed E-state index contributed by atoms with van der Waals surface area (Å²) >= 11 is 0. The van der Waals surface area contributed by atoms with Crippen molar-refractivity contribution >= 4 is 11.6 Å². The van der Waals surface area contributed by atoms with Crippen molar-refractivity contribution in [2.45, 2.75) is 13.0 Å². The molecule has 0 saturated carbocycles. The van der Waals surface area contributed by atoms with Gasteiger partial charge in [0.1, 0.15) is 0 Å². The monoisotopic (exact) mass is 265 g/mol. The van der Waals surface area contributed by atoms with Crippen LogP contribution in [0.5, 0.6) is 0 Å². The van der Waals surface area contributed by atoms with Crippen LogP contribution in [-0.4, -0.2) is 5.91 Å². The van der Waals surface area contributed by atoms with Crippen molar-refractivity contribution in [3.8, 4) is 6.07 Å². The molecule has 0 aliphatic rings. The molecule has 2 aromatic rings. The van der Waals surface area contributed by atoms with Crippen LogP contribution in [0.3, 0.4) is 0 Å². The fourth-order valence-corrected chi connectivity index (χ4v) is 1.78. The Balaban J connectivity index is 1.85. The predicted molar refractivity (Wildman–Crippen MR) is 77.6 cm³/mol. The molecular weight excluding hydrogens is 250 g/mol. The lowest BCUT2D eigenvalue weighted by molar-refractivity contribution is -0.120. The van der Waals surface area contributed by atoms with Gasteiger partial charge in [0.25, 0.3) is 0 Å². The number of nitrogen functional groups attached to an aromatic ring is 1. The van der Waals surface area contributed by atoms with E-state index in [0.29, 0.717) is 24.2 Å². The summed E-state index contributed by atoms with van der Waals surface area (Å²) in [6.45, 7) is 0.458. The summed E-state index contributed by atoms with van der Waals surface area (Å²) in [5.74, 6) is -0.0425. The number of nitrogens with one attached hydrogen (secondary N) is 1. The van der Waals surface area contributed by atoms with Crippen LogP contribution in [0.15, 0.2) is 48.5 Å². The van der Waals surface area contributed by atoms with E-state index in [0.717, 1.165) is 11.1 Å². The molecule has 2 aromatic carbocycles. The van der Waals surface area contributed by atoms with E-state index in [1.165, 1.54) is 0 Å². The molecule has 0 bridgehead atoms. The Bertz CT molecular complexity index is 624. The van der Waals surface area contributed by atoms with Gasteiger partial charge in [-0.05, 0) is 35.4 Å². The molecule has 0 heterocycles. The van der Waals surface area contributed by atoms with E-state index in [2.05, 4.69) is 11.4 Å². The van der Waals surface area contributed by atoms with Gasteiger partial charge in [0, 0.05) is 12.2 Å². The van der Waals surface area contributed by atoms with Crippen LogP contribution in [0.1, 0.15) is 16.7 Å². The number of carbonyl (C=O) groups is 1. The van der Waals surface area contributed by atoms with Crippen LogP contribution >= 0.6 is 0 Å². The van der Waals surface area contributed by atoms with Gasteiger partial charge in [-0.25, -0.2) is 0 Å². The molecule has 4 nitrogen and oxygen atoms in total. The second-order valence-corrected chi connectivity index (χ2v) is 4.50. The number of benzene rings is 2. The first-order chi connectivity index (χ1) is 9.67. The van der Waals surface area contributed by atoms with Crippen LogP contribution in [0, 0.1) is 11.3 Å². The molecule has 100 valence electrons. The minimum atomic E-state index is -0.0425. The first kappa shape index (κ1) is 13.6. The molecule has 0 aliphatic carbocycles. The first-order valence-corrected chi connectivity index (χ1v) is 6.27. The van der Waals surface area contributed by atoms with Crippen LogP contribution in [0.25, 0.3) is 0 Å². The summed E-state index contributed by atoms with van der Waals surface area (Å²) in [6, 6.07) is 16.5. The number of rotatable bonds is 4. The summed E-state index contributed by atoms with van der Waals surface area (Å²) < 4.78 is 0. The lowest BCUT2D eigenvalue weighted by Gasteiger charge is -2.06. The molecule has 1 amide bonds. The Kier molecular flexibility index (Phi) is 4.35. The van der Waals surface area contributed by atoms with Crippen LogP contribution in [0.4, 0.5) is 5.69 Å². The zero-order valence-electron chi connectivity index (χ0n) is 11.0. The fraction of sp³-hybridized carbons (Fsp3) is 0.125. The number of anilines is 1. The van der Waals surface area contributed by atoms with E-state index in [1.807, 2.05) is 24.3 Å². The summed E-state index contributed by atoms with van der Waals surface area (Å²) in [5.41, 5.74) is 8.79.